The molecule has 0 amide bonds. The standard InChI is InChI=1S/C10H19NO/c1-4-9(3)7-6-8-10(11)12-5-2/h11H,3-8H2,1-2H3. The van der Waals surface area contributed by atoms with Crippen LogP contribution in [0.15, 0.2) is 12.2 Å². The van der Waals surface area contributed by atoms with Gasteiger partial charge in [0.15, 0.2) is 5.90 Å². The molecule has 0 fully saturated rings. The summed E-state index contributed by atoms with van der Waals surface area (Å²) in [6.07, 6.45) is 3.80. The highest BCUT2D eigenvalue weighted by Crippen LogP contribution is 2.08. The highest BCUT2D eigenvalue weighted by Gasteiger charge is 1.97. The Hall–Kier alpha value is -0.790. The van der Waals surface area contributed by atoms with Gasteiger partial charge in [0.1, 0.15) is 0 Å². The highest BCUT2D eigenvalue weighted by atomic mass is 16.5. The molecule has 2 heteroatoms. The van der Waals surface area contributed by atoms with Crippen molar-refractivity contribution in [3.63, 3.8) is 0 Å². The van der Waals surface area contributed by atoms with Gasteiger partial charge in [0.25, 0.3) is 0 Å². The zero-order chi connectivity index (χ0) is 9.40. The van der Waals surface area contributed by atoms with Crippen molar-refractivity contribution in [2.24, 2.45) is 0 Å². The number of hydrogen-bond acceptors (Lipinski definition) is 2. The first-order valence-corrected chi connectivity index (χ1v) is 4.57. The van der Waals surface area contributed by atoms with Crippen LogP contribution in [0.25, 0.3) is 0 Å². The maximum absolute atomic E-state index is 7.34. The molecule has 0 heterocycles. The molecule has 0 aliphatic heterocycles. The van der Waals surface area contributed by atoms with E-state index in [1.165, 1.54) is 5.57 Å². The zero-order valence-electron chi connectivity index (χ0n) is 8.15. The molecule has 0 rings (SSSR count). The van der Waals surface area contributed by atoms with Gasteiger partial charge in [-0.25, -0.2) is 0 Å². The van der Waals surface area contributed by atoms with Crippen LogP contribution in [0.3, 0.4) is 0 Å². The van der Waals surface area contributed by atoms with Crippen LogP contribution in [0.1, 0.15) is 39.5 Å². The van der Waals surface area contributed by atoms with E-state index in [0.29, 0.717) is 12.5 Å². The minimum absolute atomic E-state index is 0.404. The normalized spacial score (nSPS) is 9.50. The summed E-state index contributed by atoms with van der Waals surface area (Å²) in [6, 6.07) is 0. The Morgan fingerprint density at radius 3 is 2.50 bits per heavy atom. The quantitative estimate of drug-likeness (QED) is 0.370. The molecule has 70 valence electrons. The van der Waals surface area contributed by atoms with Crippen molar-refractivity contribution < 1.29 is 4.74 Å². The third kappa shape index (κ3) is 5.96. The molecule has 0 aliphatic carbocycles. The van der Waals surface area contributed by atoms with Gasteiger partial charge in [0.2, 0.25) is 0 Å². The van der Waals surface area contributed by atoms with Crippen LogP contribution >= 0.6 is 0 Å². The number of rotatable bonds is 6. The third-order valence-corrected chi connectivity index (χ3v) is 1.75. The summed E-state index contributed by atoms with van der Waals surface area (Å²) < 4.78 is 5.01. The van der Waals surface area contributed by atoms with E-state index in [1.807, 2.05) is 6.92 Å². The van der Waals surface area contributed by atoms with E-state index >= 15 is 0 Å². The zero-order valence-corrected chi connectivity index (χ0v) is 8.15. The van der Waals surface area contributed by atoms with Gasteiger partial charge in [-0.15, -0.1) is 0 Å². The predicted octanol–water partition coefficient (Wildman–Crippen LogP) is 3.14. The van der Waals surface area contributed by atoms with Gasteiger partial charge in [0, 0.05) is 6.42 Å². The van der Waals surface area contributed by atoms with Crippen molar-refractivity contribution in [2.75, 3.05) is 6.61 Å². The predicted molar refractivity (Wildman–Crippen MR) is 52.6 cm³/mol. The summed E-state index contributed by atoms with van der Waals surface area (Å²) in [5.74, 6) is 0.404. The van der Waals surface area contributed by atoms with Crippen molar-refractivity contribution in [1.82, 2.24) is 0 Å². The molecule has 12 heavy (non-hydrogen) atoms. The minimum Gasteiger partial charge on any atom is -0.481 e. The smallest absolute Gasteiger partial charge is 0.180 e. The molecule has 0 saturated carbocycles. The summed E-state index contributed by atoms with van der Waals surface area (Å²) in [7, 11) is 0. The van der Waals surface area contributed by atoms with E-state index in [-0.39, 0.29) is 0 Å². The summed E-state index contributed by atoms with van der Waals surface area (Å²) in [4.78, 5) is 0. The lowest BCUT2D eigenvalue weighted by atomic mass is 10.1. The number of allylic oxidation sites excluding steroid dienone is 1. The Kier molecular flexibility index (Phi) is 6.44. The molecule has 1 N–H and O–H groups in total. The van der Waals surface area contributed by atoms with Gasteiger partial charge < -0.3 is 4.74 Å². The van der Waals surface area contributed by atoms with E-state index in [2.05, 4.69) is 13.5 Å². The molecule has 0 unspecified atom stereocenters. The van der Waals surface area contributed by atoms with Gasteiger partial charge in [-0.05, 0) is 26.2 Å². The monoisotopic (exact) mass is 169 g/mol. The van der Waals surface area contributed by atoms with Crippen LogP contribution in [0.4, 0.5) is 0 Å². The summed E-state index contributed by atoms with van der Waals surface area (Å²) in [5, 5.41) is 7.34. The molecule has 0 aliphatic rings. The Labute approximate surface area is 75.1 Å². The first-order valence-electron chi connectivity index (χ1n) is 4.57. The van der Waals surface area contributed by atoms with Gasteiger partial charge in [-0.1, -0.05) is 19.1 Å². The first-order chi connectivity index (χ1) is 5.70. The summed E-state index contributed by atoms with van der Waals surface area (Å²) >= 11 is 0. The average Bonchev–Trinajstić information content (AvgIpc) is 2.04. The topological polar surface area (TPSA) is 33.1 Å². The molecule has 2 nitrogen and oxygen atoms in total. The van der Waals surface area contributed by atoms with Crippen LogP contribution in [-0.4, -0.2) is 12.5 Å². The highest BCUT2D eigenvalue weighted by molar-refractivity contribution is 5.72. The molecule has 0 aromatic rings. The largest absolute Gasteiger partial charge is 0.481 e. The molecular formula is C10H19NO. The van der Waals surface area contributed by atoms with E-state index in [4.69, 9.17) is 10.1 Å². The van der Waals surface area contributed by atoms with Crippen LogP contribution in [0, 0.1) is 5.41 Å². The van der Waals surface area contributed by atoms with Crippen molar-refractivity contribution in [2.45, 2.75) is 39.5 Å². The van der Waals surface area contributed by atoms with Crippen LogP contribution < -0.4 is 0 Å². The molecule has 0 aromatic heterocycles. The Morgan fingerprint density at radius 2 is 2.00 bits per heavy atom. The van der Waals surface area contributed by atoms with E-state index < -0.39 is 0 Å². The first kappa shape index (κ1) is 11.2. The molecule has 0 saturated heterocycles. The lowest BCUT2D eigenvalue weighted by molar-refractivity contribution is 0.313. The fourth-order valence-corrected chi connectivity index (χ4v) is 0.922. The Bertz CT molecular complexity index is 152. The SMILES string of the molecule is C=C(CC)CCCC(=N)OCC. The number of hydrogen-bond donors (Lipinski definition) is 1. The maximum atomic E-state index is 7.34. The van der Waals surface area contributed by atoms with Gasteiger partial charge in [-0.2, -0.15) is 0 Å². The molecule has 0 aromatic carbocycles. The Balaban J connectivity index is 3.30. The minimum atomic E-state index is 0.404. The average molecular weight is 169 g/mol. The van der Waals surface area contributed by atoms with E-state index in [1.54, 1.807) is 0 Å². The van der Waals surface area contributed by atoms with E-state index in [0.717, 1.165) is 25.7 Å². The summed E-state index contributed by atoms with van der Waals surface area (Å²) in [6.45, 7) is 8.52. The molecule has 0 radical (unpaired) electrons. The Morgan fingerprint density at radius 1 is 1.33 bits per heavy atom. The van der Waals surface area contributed by atoms with Crippen molar-refractivity contribution in [1.29, 1.82) is 5.41 Å². The second kappa shape index (κ2) is 6.89. The van der Waals surface area contributed by atoms with Crippen LogP contribution in [-0.2, 0) is 4.74 Å². The van der Waals surface area contributed by atoms with Gasteiger partial charge in [0.05, 0.1) is 6.61 Å². The van der Waals surface area contributed by atoms with Gasteiger partial charge in [-0.3, -0.25) is 5.41 Å². The second-order valence-electron chi connectivity index (χ2n) is 2.81. The number of ether oxygens (including phenoxy) is 1. The molecular weight excluding hydrogens is 150 g/mol. The fraction of sp³-hybridized carbons (Fsp3) is 0.700. The molecule has 0 atom stereocenters. The second-order valence-corrected chi connectivity index (χ2v) is 2.81. The lowest BCUT2D eigenvalue weighted by Gasteiger charge is -2.04. The third-order valence-electron chi connectivity index (χ3n) is 1.75. The van der Waals surface area contributed by atoms with Crippen molar-refractivity contribution >= 4 is 5.90 Å². The van der Waals surface area contributed by atoms with E-state index in [9.17, 15) is 0 Å². The van der Waals surface area contributed by atoms with Crippen LogP contribution in [0.5, 0.6) is 0 Å². The molecule has 0 bridgehead atoms. The van der Waals surface area contributed by atoms with Crippen LogP contribution in [0.2, 0.25) is 0 Å². The van der Waals surface area contributed by atoms with Gasteiger partial charge >= 0.3 is 0 Å². The lowest BCUT2D eigenvalue weighted by Crippen LogP contribution is -2.02. The number of nitrogens with one attached hydrogen (secondary N) is 1. The van der Waals surface area contributed by atoms with Crippen molar-refractivity contribution in [3.8, 4) is 0 Å². The van der Waals surface area contributed by atoms with Crippen molar-refractivity contribution in [3.05, 3.63) is 12.2 Å². The summed E-state index contributed by atoms with van der Waals surface area (Å²) in [5.41, 5.74) is 1.26. The molecule has 0 spiro atoms. The fourth-order valence-electron chi connectivity index (χ4n) is 0.922. The maximum Gasteiger partial charge on any atom is 0.180 e.